The Labute approximate surface area is 191 Å². The monoisotopic (exact) mass is 534 g/mol. The van der Waals surface area contributed by atoms with Crippen LogP contribution in [0.1, 0.15) is 12.0 Å². The largest absolute Gasteiger partial charge is 0.370 e. The zero-order chi connectivity index (χ0) is 19.2. The molecule has 152 valence electrons. The van der Waals surface area contributed by atoms with E-state index in [4.69, 9.17) is 17.3 Å². The number of halogens is 2. The summed E-state index contributed by atoms with van der Waals surface area (Å²) in [7, 11) is 0. The van der Waals surface area contributed by atoms with Gasteiger partial charge in [-0.2, -0.15) is 0 Å². The molecule has 3 rings (SSSR count). The first-order valence-electron chi connectivity index (χ1n) is 8.79. The van der Waals surface area contributed by atoms with Gasteiger partial charge in [-0.15, -0.1) is 35.3 Å². The molecular weight excluding hydrogens is 511 g/mol. The molecule has 0 unspecified atom stereocenters. The van der Waals surface area contributed by atoms with Crippen LogP contribution in [0.2, 0.25) is 5.02 Å². The summed E-state index contributed by atoms with van der Waals surface area (Å²) in [5, 5.41) is 6.52. The lowest BCUT2D eigenvalue weighted by atomic mass is 10.2. The van der Waals surface area contributed by atoms with E-state index in [0.29, 0.717) is 17.5 Å². The third-order valence-electron chi connectivity index (χ3n) is 4.45. The number of guanidine groups is 1. The number of thiazole rings is 1. The van der Waals surface area contributed by atoms with E-state index in [0.717, 1.165) is 42.6 Å². The molecule has 3 N–H and O–H groups in total. The number of nitrogens with one attached hydrogen (secondary N) is 1. The highest BCUT2D eigenvalue weighted by Crippen LogP contribution is 2.23. The second kappa shape index (κ2) is 10.8. The Bertz CT molecular complexity index is 808. The first kappa shape index (κ1) is 22.7. The number of amides is 1. The van der Waals surface area contributed by atoms with Gasteiger partial charge in [-0.3, -0.25) is 9.79 Å². The molecule has 7 nitrogen and oxygen atoms in total. The highest BCUT2D eigenvalue weighted by Gasteiger charge is 2.19. The topological polar surface area (TPSA) is 86.8 Å². The van der Waals surface area contributed by atoms with E-state index in [9.17, 15) is 4.79 Å². The van der Waals surface area contributed by atoms with Crippen LogP contribution in [0.25, 0.3) is 0 Å². The molecular formula is C18H24ClIN6OS. The number of carbonyl (C=O) groups is 1. The van der Waals surface area contributed by atoms with E-state index in [1.165, 1.54) is 0 Å². The van der Waals surface area contributed by atoms with Crippen molar-refractivity contribution in [1.82, 2.24) is 9.88 Å². The van der Waals surface area contributed by atoms with Crippen LogP contribution in [0.15, 0.2) is 34.8 Å². The summed E-state index contributed by atoms with van der Waals surface area (Å²) in [6.45, 7) is 5.53. The fourth-order valence-electron chi connectivity index (χ4n) is 2.83. The molecule has 0 radical (unpaired) electrons. The number of piperazine rings is 1. The van der Waals surface area contributed by atoms with E-state index >= 15 is 0 Å². The van der Waals surface area contributed by atoms with E-state index in [1.807, 2.05) is 35.5 Å². The van der Waals surface area contributed by atoms with Crippen LogP contribution in [0.5, 0.6) is 0 Å². The molecule has 1 aliphatic rings. The van der Waals surface area contributed by atoms with Crippen molar-refractivity contribution in [3.05, 3.63) is 40.4 Å². The third-order valence-corrected chi connectivity index (χ3v) is 5.69. The lowest BCUT2D eigenvalue weighted by Crippen LogP contribution is -2.51. The number of nitrogens with zero attached hydrogens (tertiary/aromatic N) is 4. The number of aromatic nitrogens is 1. The van der Waals surface area contributed by atoms with Crippen molar-refractivity contribution in [2.45, 2.75) is 13.3 Å². The van der Waals surface area contributed by atoms with Gasteiger partial charge in [-0.1, -0.05) is 17.7 Å². The van der Waals surface area contributed by atoms with Crippen molar-refractivity contribution in [3.63, 3.8) is 0 Å². The Hall–Kier alpha value is -1.59. The minimum atomic E-state index is -0.106. The van der Waals surface area contributed by atoms with Gasteiger partial charge in [0, 0.05) is 54.9 Å². The zero-order valence-electron chi connectivity index (χ0n) is 15.6. The number of carbonyl (C=O) groups excluding carboxylic acids is 1. The van der Waals surface area contributed by atoms with Gasteiger partial charge in [0.25, 0.3) is 0 Å². The van der Waals surface area contributed by atoms with Crippen molar-refractivity contribution < 1.29 is 4.79 Å². The number of aliphatic imine (C=N–C) groups is 1. The first-order chi connectivity index (χ1) is 13.0. The Morgan fingerprint density at radius 2 is 2.11 bits per heavy atom. The van der Waals surface area contributed by atoms with Crippen LogP contribution >= 0.6 is 46.9 Å². The summed E-state index contributed by atoms with van der Waals surface area (Å²) in [6.07, 6.45) is 2.09. The van der Waals surface area contributed by atoms with Crippen LogP contribution in [0.3, 0.4) is 0 Å². The summed E-state index contributed by atoms with van der Waals surface area (Å²) in [5.74, 6) is 0.381. The Morgan fingerprint density at radius 1 is 1.36 bits per heavy atom. The first-order valence-corrected chi connectivity index (χ1v) is 10.0. The second-order valence-corrected chi connectivity index (χ2v) is 7.52. The Kier molecular flexibility index (Phi) is 8.77. The second-order valence-electron chi connectivity index (χ2n) is 6.24. The number of rotatable bonds is 5. The van der Waals surface area contributed by atoms with E-state index in [2.05, 4.69) is 20.2 Å². The van der Waals surface area contributed by atoms with E-state index in [-0.39, 0.29) is 36.3 Å². The van der Waals surface area contributed by atoms with E-state index < -0.39 is 0 Å². The SMILES string of the molecule is Cc1c(Cl)cccc1NC(=O)CCN=C(N)N1CCN(c2nccs2)CC1.I. The molecule has 0 aliphatic carbocycles. The number of hydrogen-bond donors (Lipinski definition) is 2. The minimum Gasteiger partial charge on any atom is -0.370 e. The average Bonchev–Trinajstić information content (AvgIpc) is 3.20. The molecule has 2 aromatic rings. The van der Waals surface area contributed by atoms with Gasteiger partial charge in [-0.05, 0) is 24.6 Å². The maximum absolute atomic E-state index is 12.1. The molecule has 1 amide bonds. The molecule has 2 heterocycles. The highest BCUT2D eigenvalue weighted by atomic mass is 127. The lowest BCUT2D eigenvalue weighted by Gasteiger charge is -2.35. The van der Waals surface area contributed by atoms with Gasteiger partial charge in [-0.25, -0.2) is 4.98 Å². The van der Waals surface area contributed by atoms with Gasteiger partial charge in [0.05, 0.1) is 6.54 Å². The highest BCUT2D eigenvalue weighted by molar-refractivity contribution is 14.0. The summed E-state index contributed by atoms with van der Waals surface area (Å²) in [5.41, 5.74) is 7.67. The molecule has 28 heavy (non-hydrogen) atoms. The van der Waals surface area contributed by atoms with Crippen LogP contribution in [0.4, 0.5) is 10.8 Å². The molecule has 1 aromatic heterocycles. The summed E-state index contributed by atoms with van der Waals surface area (Å²) >= 11 is 7.71. The van der Waals surface area contributed by atoms with Gasteiger partial charge in [0.1, 0.15) is 0 Å². The summed E-state index contributed by atoms with van der Waals surface area (Å²) in [6, 6.07) is 5.44. The van der Waals surface area contributed by atoms with E-state index in [1.54, 1.807) is 17.4 Å². The molecule has 0 bridgehead atoms. The molecule has 0 spiro atoms. The maximum Gasteiger partial charge on any atom is 0.226 e. The zero-order valence-corrected chi connectivity index (χ0v) is 19.5. The molecule has 10 heteroatoms. The van der Waals surface area contributed by atoms with Gasteiger partial charge in [0.2, 0.25) is 5.91 Å². The molecule has 0 atom stereocenters. The number of benzene rings is 1. The average molecular weight is 535 g/mol. The fourth-order valence-corrected chi connectivity index (χ4v) is 3.70. The molecule has 1 aromatic carbocycles. The third kappa shape index (κ3) is 5.95. The van der Waals surface area contributed by atoms with Crippen molar-refractivity contribution in [2.75, 3.05) is 42.9 Å². The van der Waals surface area contributed by atoms with Crippen molar-refractivity contribution in [3.8, 4) is 0 Å². The maximum atomic E-state index is 12.1. The fraction of sp³-hybridized carbons (Fsp3) is 0.389. The standard InChI is InChI=1S/C18H23ClN6OS.HI/c1-13-14(19)3-2-4-15(13)23-16(26)5-6-21-17(20)24-8-10-25(11-9-24)18-22-7-12-27-18;/h2-4,7,12H,5-6,8-11H2,1H3,(H2,20,21)(H,23,26);1H. The van der Waals surface area contributed by atoms with Crippen LogP contribution < -0.4 is 16.0 Å². The minimum absolute atomic E-state index is 0. The summed E-state index contributed by atoms with van der Waals surface area (Å²) in [4.78, 5) is 25.1. The van der Waals surface area contributed by atoms with Gasteiger partial charge in [0.15, 0.2) is 11.1 Å². The van der Waals surface area contributed by atoms with Gasteiger partial charge < -0.3 is 20.9 Å². The smallest absolute Gasteiger partial charge is 0.226 e. The molecule has 1 fully saturated rings. The molecule has 1 aliphatic heterocycles. The number of nitrogens with two attached hydrogens (primary N) is 1. The van der Waals surface area contributed by atoms with Crippen molar-refractivity contribution in [1.29, 1.82) is 0 Å². The Morgan fingerprint density at radius 3 is 2.79 bits per heavy atom. The van der Waals surface area contributed by atoms with Gasteiger partial charge >= 0.3 is 0 Å². The Balaban J connectivity index is 0.00000280. The van der Waals surface area contributed by atoms with Crippen molar-refractivity contribution in [2.24, 2.45) is 10.7 Å². The quantitative estimate of drug-likeness (QED) is 0.350. The predicted octanol–water partition coefficient (Wildman–Crippen LogP) is 3.19. The van der Waals surface area contributed by atoms with Crippen LogP contribution in [0, 0.1) is 6.92 Å². The summed E-state index contributed by atoms with van der Waals surface area (Å²) < 4.78 is 0. The normalized spacial score (nSPS) is 14.6. The number of anilines is 2. The van der Waals surface area contributed by atoms with Crippen LogP contribution in [-0.4, -0.2) is 54.5 Å². The molecule has 1 saturated heterocycles. The van der Waals surface area contributed by atoms with Crippen LogP contribution in [-0.2, 0) is 4.79 Å². The van der Waals surface area contributed by atoms with Crippen molar-refractivity contribution >= 4 is 69.6 Å². The predicted molar refractivity (Wildman–Crippen MR) is 127 cm³/mol. The molecule has 0 saturated carbocycles. The lowest BCUT2D eigenvalue weighted by molar-refractivity contribution is -0.116. The number of hydrogen-bond acceptors (Lipinski definition) is 5.